The van der Waals surface area contributed by atoms with Gasteiger partial charge in [0, 0.05) is 18.9 Å². The van der Waals surface area contributed by atoms with Gasteiger partial charge < -0.3 is 5.32 Å². The summed E-state index contributed by atoms with van der Waals surface area (Å²) in [6.07, 6.45) is 4.47. The van der Waals surface area contributed by atoms with Crippen molar-refractivity contribution in [3.63, 3.8) is 0 Å². The van der Waals surface area contributed by atoms with Gasteiger partial charge in [-0.15, -0.1) is 0 Å². The predicted octanol–water partition coefficient (Wildman–Crippen LogP) is 3.21. The zero-order valence-electron chi connectivity index (χ0n) is 9.87. The van der Waals surface area contributed by atoms with E-state index < -0.39 is 0 Å². The van der Waals surface area contributed by atoms with Crippen molar-refractivity contribution < 1.29 is 4.39 Å². The number of halogens is 2. The highest BCUT2D eigenvalue weighted by Gasteiger charge is 2.04. The lowest BCUT2D eigenvalue weighted by molar-refractivity contribution is 0.620. The van der Waals surface area contributed by atoms with Gasteiger partial charge in [-0.2, -0.15) is 0 Å². The second-order valence-corrected chi connectivity index (χ2v) is 4.37. The molecule has 2 rings (SSSR count). The summed E-state index contributed by atoms with van der Waals surface area (Å²) in [7, 11) is 0. The minimum Gasteiger partial charge on any atom is -0.312 e. The summed E-state index contributed by atoms with van der Waals surface area (Å²) in [4.78, 5) is 3.96. The van der Waals surface area contributed by atoms with E-state index in [1.807, 2.05) is 18.2 Å². The first-order chi connectivity index (χ1) is 8.77. The maximum absolute atomic E-state index is 13.2. The van der Waals surface area contributed by atoms with Crippen LogP contribution in [0.2, 0.25) is 5.02 Å². The third-order valence-corrected chi connectivity index (χ3v) is 3.11. The van der Waals surface area contributed by atoms with Crippen molar-refractivity contribution in [3.8, 4) is 0 Å². The van der Waals surface area contributed by atoms with E-state index in [4.69, 9.17) is 11.6 Å². The molecule has 4 heteroatoms. The number of nitrogens with zero attached hydrogens (tertiary/aromatic N) is 1. The third-order valence-electron chi connectivity index (χ3n) is 2.69. The van der Waals surface area contributed by atoms with Gasteiger partial charge in [0.15, 0.2) is 0 Å². The van der Waals surface area contributed by atoms with Gasteiger partial charge in [-0.1, -0.05) is 23.7 Å². The molecule has 2 aromatic rings. The first kappa shape index (κ1) is 13.0. The maximum atomic E-state index is 13.2. The molecule has 1 aromatic heterocycles. The first-order valence-electron chi connectivity index (χ1n) is 5.80. The normalized spacial score (nSPS) is 10.6. The summed E-state index contributed by atoms with van der Waals surface area (Å²) < 4.78 is 13.2. The standard InChI is InChI=1S/C14H14ClFN2/c15-14-12(2-1-3-13(14)16)10-18-9-6-11-4-7-17-8-5-11/h1-5,7-8,18H,6,9-10H2. The Morgan fingerprint density at radius 2 is 1.94 bits per heavy atom. The molecule has 18 heavy (non-hydrogen) atoms. The van der Waals surface area contributed by atoms with E-state index in [9.17, 15) is 4.39 Å². The van der Waals surface area contributed by atoms with Crippen LogP contribution in [0.1, 0.15) is 11.1 Å². The average molecular weight is 265 g/mol. The summed E-state index contributed by atoms with van der Waals surface area (Å²) in [6, 6.07) is 8.82. The Bertz CT molecular complexity index is 502. The van der Waals surface area contributed by atoms with Crippen LogP contribution in [0, 0.1) is 5.82 Å². The van der Waals surface area contributed by atoms with Gasteiger partial charge in [0.2, 0.25) is 0 Å². The molecule has 0 aliphatic rings. The molecule has 0 atom stereocenters. The summed E-state index contributed by atoms with van der Waals surface area (Å²) in [6.45, 7) is 1.39. The van der Waals surface area contributed by atoms with Gasteiger partial charge in [0.05, 0.1) is 5.02 Å². The highest BCUT2D eigenvalue weighted by atomic mass is 35.5. The fraction of sp³-hybridized carbons (Fsp3) is 0.214. The second kappa shape index (κ2) is 6.47. The van der Waals surface area contributed by atoms with Crippen LogP contribution in [0.3, 0.4) is 0 Å². The van der Waals surface area contributed by atoms with E-state index in [-0.39, 0.29) is 10.8 Å². The lowest BCUT2D eigenvalue weighted by Crippen LogP contribution is -2.17. The number of nitrogens with one attached hydrogen (secondary N) is 1. The molecule has 0 unspecified atom stereocenters. The van der Waals surface area contributed by atoms with E-state index in [1.165, 1.54) is 11.6 Å². The van der Waals surface area contributed by atoms with Crippen LogP contribution in [0.15, 0.2) is 42.7 Å². The molecule has 1 heterocycles. The van der Waals surface area contributed by atoms with Crippen LogP contribution in [-0.4, -0.2) is 11.5 Å². The molecule has 0 saturated carbocycles. The van der Waals surface area contributed by atoms with Gasteiger partial charge in [-0.05, 0) is 42.3 Å². The van der Waals surface area contributed by atoms with Gasteiger partial charge in [-0.3, -0.25) is 4.98 Å². The quantitative estimate of drug-likeness (QED) is 0.839. The molecule has 0 fully saturated rings. The number of benzene rings is 1. The van der Waals surface area contributed by atoms with Crippen molar-refractivity contribution >= 4 is 11.6 Å². The van der Waals surface area contributed by atoms with Crippen molar-refractivity contribution in [3.05, 3.63) is 64.7 Å². The summed E-state index contributed by atoms with van der Waals surface area (Å²) in [5.41, 5.74) is 2.01. The molecular weight excluding hydrogens is 251 g/mol. The lowest BCUT2D eigenvalue weighted by Gasteiger charge is -2.07. The summed E-state index contributed by atoms with van der Waals surface area (Å²) in [5.74, 6) is -0.370. The Hall–Kier alpha value is -1.45. The van der Waals surface area contributed by atoms with E-state index in [0.29, 0.717) is 6.54 Å². The molecule has 0 amide bonds. The van der Waals surface area contributed by atoms with Gasteiger partial charge in [0.25, 0.3) is 0 Å². The Kier molecular flexibility index (Phi) is 4.67. The van der Waals surface area contributed by atoms with Crippen molar-refractivity contribution in [1.82, 2.24) is 10.3 Å². The summed E-state index contributed by atoms with van der Waals surface area (Å²) >= 11 is 5.87. The van der Waals surface area contributed by atoms with Crippen molar-refractivity contribution in [2.75, 3.05) is 6.54 Å². The van der Waals surface area contributed by atoms with E-state index >= 15 is 0 Å². The highest BCUT2D eigenvalue weighted by molar-refractivity contribution is 6.31. The number of rotatable bonds is 5. The van der Waals surface area contributed by atoms with Crippen LogP contribution in [0.4, 0.5) is 4.39 Å². The smallest absolute Gasteiger partial charge is 0.142 e. The van der Waals surface area contributed by atoms with Crippen LogP contribution >= 0.6 is 11.6 Å². The van der Waals surface area contributed by atoms with Gasteiger partial charge in [-0.25, -0.2) is 4.39 Å². The minimum absolute atomic E-state index is 0.203. The van der Waals surface area contributed by atoms with Crippen molar-refractivity contribution in [1.29, 1.82) is 0 Å². The number of aromatic nitrogens is 1. The summed E-state index contributed by atoms with van der Waals surface area (Å²) in [5, 5.41) is 3.45. The highest BCUT2D eigenvalue weighted by Crippen LogP contribution is 2.19. The van der Waals surface area contributed by atoms with E-state index in [1.54, 1.807) is 18.5 Å². The van der Waals surface area contributed by atoms with Gasteiger partial charge in [0.1, 0.15) is 5.82 Å². The molecule has 1 N–H and O–H groups in total. The van der Waals surface area contributed by atoms with Crippen molar-refractivity contribution in [2.45, 2.75) is 13.0 Å². The number of hydrogen-bond donors (Lipinski definition) is 1. The Morgan fingerprint density at radius 1 is 1.17 bits per heavy atom. The molecule has 0 saturated heterocycles. The Labute approximate surface area is 111 Å². The van der Waals surface area contributed by atoms with Crippen molar-refractivity contribution in [2.24, 2.45) is 0 Å². The Morgan fingerprint density at radius 3 is 2.72 bits per heavy atom. The molecule has 1 aromatic carbocycles. The number of hydrogen-bond acceptors (Lipinski definition) is 2. The molecule has 0 aliphatic carbocycles. The zero-order valence-corrected chi connectivity index (χ0v) is 10.6. The lowest BCUT2D eigenvalue weighted by atomic mass is 10.2. The molecule has 94 valence electrons. The van der Waals surface area contributed by atoms with Crippen LogP contribution in [0.5, 0.6) is 0 Å². The molecule has 0 radical (unpaired) electrons. The molecule has 0 spiro atoms. The molecule has 0 bridgehead atoms. The second-order valence-electron chi connectivity index (χ2n) is 4.00. The van der Waals surface area contributed by atoms with Crippen LogP contribution < -0.4 is 5.32 Å². The topological polar surface area (TPSA) is 24.9 Å². The monoisotopic (exact) mass is 264 g/mol. The fourth-order valence-electron chi connectivity index (χ4n) is 1.69. The first-order valence-corrected chi connectivity index (χ1v) is 6.17. The maximum Gasteiger partial charge on any atom is 0.142 e. The Balaban J connectivity index is 1.81. The largest absolute Gasteiger partial charge is 0.312 e. The molecular formula is C14H14ClFN2. The van der Waals surface area contributed by atoms with Gasteiger partial charge >= 0.3 is 0 Å². The molecule has 2 nitrogen and oxygen atoms in total. The zero-order chi connectivity index (χ0) is 12.8. The predicted molar refractivity (Wildman–Crippen MR) is 71.1 cm³/mol. The third kappa shape index (κ3) is 3.52. The number of pyridine rings is 1. The van der Waals surface area contributed by atoms with Crippen LogP contribution in [-0.2, 0) is 13.0 Å². The van der Waals surface area contributed by atoms with Crippen LogP contribution in [0.25, 0.3) is 0 Å². The minimum atomic E-state index is -0.370. The van der Waals surface area contributed by atoms with E-state index in [0.717, 1.165) is 18.5 Å². The molecule has 0 aliphatic heterocycles. The fourth-order valence-corrected chi connectivity index (χ4v) is 1.88. The average Bonchev–Trinajstić information content (AvgIpc) is 2.40. The SMILES string of the molecule is Fc1cccc(CNCCc2ccncc2)c1Cl. The van der Waals surface area contributed by atoms with E-state index in [2.05, 4.69) is 10.3 Å².